The smallest absolute Gasteiger partial charge is 0.306 e. The molecule has 0 aliphatic rings. The summed E-state index contributed by atoms with van der Waals surface area (Å²) >= 11 is 0. The van der Waals surface area contributed by atoms with Crippen LogP contribution >= 0.6 is 0 Å². The van der Waals surface area contributed by atoms with Crippen molar-refractivity contribution >= 4 is 17.9 Å². The van der Waals surface area contributed by atoms with Crippen LogP contribution < -0.4 is 0 Å². The summed E-state index contributed by atoms with van der Waals surface area (Å²) in [7, 11) is 0. The van der Waals surface area contributed by atoms with Crippen molar-refractivity contribution in [3.05, 3.63) is 122 Å². The second-order valence-electron chi connectivity index (χ2n) is 17.4. The van der Waals surface area contributed by atoms with Gasteiger partial charge in [-0.25, -0.2) is 0 Å². The lowest BCUT2D eigenvalue weighted by Crippen LogP contribution is -2.30. The van der Waals surface area contributed by atoms with Crippen LogP contribution in [0.15, 0.2) is 122 Å². The predicted octanol–water partition coefficient (Wildman–Crippen LogP) is 18.1. The van der Waals surface area contributed by atoms with Crippen molar-refractivity contribution in [1.29, 1.82) is 0 Å². The Bertz CT molecular complexity index is 1440. The van der Waals surface area contributed by atoms with Gasteiger partial charge in [0.2, 0.25) is 0 Å². The molecule has 0 radical (unpaired) electrons. The lowest BCUT2D eigenvalue weighted by molar-refractivity contribution is -0.167. The van der Waals surface area contributed by atoms with E-state index in [-0.39, 0.29) is 31.1 Å². The van der Waals surface area contributed by atoms with E-state index < -0.39 is 6.10 Å². The van der Waals surface area contributed by atoms with Crippen LogP contribution in [0.1, 0.15) is 226 Å². The molecule has 0 fully saturated rings. The van der Waals surface area contributed by atoms with E-state index in [0.717, 1.165) is 128 Å². The highest BCUT2D eigenvalue weighted by molar-refractivity contribution is 5.71. The highest BCUT2D eigenvalue weighted by Crippen LogP contribution is 2.13. The van der Waals surface area contributed by atoms with Crippen LogP contribution in [-0.4, -0.2) is 37.2 Å². The third-order valence-electron chi connectivity index (χ3n) is 10.9. The van der Waals surface area contributed by atoms with Gasteiger partial charge in [0.1, 0.15) is 13.2 Å². The first kappa shape index (κ1) is 62.8. The van der Waals surface area contributed by atoms with Crippen LogP contribution in [0.25, 0.3) is 0 Å². The zero-order chi connectivity index (χ0) is 48.6. The van der Waals surface area contributed by atoms with Crippen LogP contribution in [0.3, 0.4) is 0 Å². The topological polar surface area (TPSA) is 78.9 Å². The van der Waals surface area contributed by atoms with Gasteiger partial charge in [0.25, 0.3) is 0 Å². The highest BCUT2D eigenvalue weighted by atomic mass is 16.6. The van der Waals surface area contributed by atoms with Crippen LogP contribution in [0, 0.1) is 0 Å². The molecule has 0 N–H and O–H groups in total. The second kappa shape index (κ2) is 54.4. The number of unbranched alkanes of at least 4 members (excludes halogenated alkanes) is 16. The molecule has 0 spiro atoms. The Morgan fingerprint density at radius 2 is 0.582 bits per heavy atom. The normalized spacial score (nSPS) is 13.1. The summed E-state index contributed by atoms with van der Waals surface area (Å²) in [4.78, 5) is 37.9. The molecule has 0 aromatic carbocycles. The van der Waals surface area contributed by atoms with Gasteiger partial charge in [0.05, 0.1) is 0 Å². The quantitative estimate of drug-likeness (QED) is 0.0262. The first-order valence-electron chi connectivity index (χ1n) is 27.0. The van der Waals surface area contributed by atoms with E-state index in [9.17, 15) is 14.4 Å². The largest absolute Gasteiger partial charge is 0.462 e. The molecular weight excluding hydrogens is 829 g/mol. The molecule has 1 atom stereocenters. The maximum absolute atomic E-state index is 12.8. The molecule has 0 amide bonds. The molecule has 0 aliphatic carbocycles. The standard InChI is InChI=1S/C61H98O6/c1-4-7-10-13-16-19-22-23-24-25-26-27-28-29-30-31-32-33-34-35-36-37-40-42-45-48-51-54-60(63)66-57-58(67-61(64)55-52-49-46-43-39-21-18-15-12-9-6-3)56-65-59(62)53-50-47-44-41-38-20-17-14-11-8-5-2/h7,10,14-19,23-24,26-27,29-30,32-33,35-36,40,42,58H,4-6,8-9,11-13,20-22,25,28,31,34,37-39,41,43-57H2,1-3H3/b10-7-,17-14-,18-15-,19-16-,24-23-,27-26-,30-29-,33-32-,36-35-,42-40-. The van der Waals surface area contributed by atoms with Crippen molar-refractivity contribution in [3.63, 3.8) is 0 Å². The lowest BCUT2D eigenvalue weighted by Gasteiger charge is -2.18. The molecule has 6 heteroatoms. The Hall–Kier alpha value is -4.19. The zero-order valence-corrected chi connectivity index (χ0v) is 43.1. The average Bonchev–Trinajstić information content (AvgIpc) is 3.33. The molecule has 0 aromatic heterocycles. The fourth-order valence-electron chi connectivity index (χ4n) is 6.83. The molecule has 1 unspecified atom stereocenters. The monoisotopic (exact) mass is 927 g/mol. The molecule has 0 aromatic rings. The SMILES string of the molecule is CC/C=C\C/C=C\C/C=C\C/C=C\C/C=C\C/C=C\C/C=C\C/C=C\CCCCC(=O)OCC(COC(=O)CCCCCCC/C=C\CCCC)OC(=O)CCCCCCC/C=C\CCCC. The van der Waals surface area contributed by atoms with E-state index in [2.05, 4.69) is 142 Å². The molecule has 6 nitrogen and oxygen atoms in total. The Morgan fingerprint density at radius 1 is 0.313 bits per heavy atom. The van der Waals surface area contributed by atoms with Gasteiger partial charge in [-0.1, -0.05) is 206 Å². The van der Waals surface area contributed by atoms with Crippen LogP contribution in [0.4, 0.5) is 0 Å². The van der Waals surface area contributed by atoms with E-state index in [0.29, 0.717) is 25.7 Å². The minimum absolute atomic E-state index is 0.103. The van der Waals surface area contributed by atoms with E-state index in [4.69, 9.17) is 14.2 Å². The molecule has 67 heavy (non-hydrogen) atoms. The van der Waals surface area contributed by atoms with E-state index in [1.807, 2.05) is 0 Å². The fraction of sp³-hybridized carbons (Fsp3) is 0.623. The molecule has 0 heterocycles. The summed E-state index contributed by atoms with van der Waals surface area (Å²) in [5, 5.41) is 0. The number of carbonyl (C=O) groups is 3. The number of carbonyl (C=O) groups excluding carboxylic acids is 3. The van der Waals surface area contributed by atoms with Gasteiger partial charge in [0.15, 0.2) is 6.10 Å². The van der Waals surface area contributed by atoms with Crippen molar-refractivity contribution in [3.8, 4) is 0 Å². The summed E-state index contributed by atoms with van der Waals surface area (Å²) in [5.41, 5.74) is 0. The summed E-state index contributed by atoms with van der Waals surface area (Å²) in [6, 6.07) is 0. The molecule has 0 aliphatic heterocycles. The van der Waals surface area contributed by atoms with Crippen molar-refractivity contribution in [2.75, 3.05) is 13.2 Å². The van der Waals surface area contributed by atoms with Gasteiger partial charge in [-0.05, 0) is 122 Å². The third kappa shape index (κ3) is 52.6. The molecule has 0 saturated heterocycles. The van der Waals surface area contributed by atoms with E-state index in [1.54, 1.807) is 0 Å². The molecular formula is C61H98O6. The van der Waals surface area contributed by atoms with Crippen LogP contribution in [0.5, 0.6) is 0 Å². The Balaban J connectivity index is 4.37. The number of hydrogen-bond acceptors (Lipinski definition) is 6. The number of allylic oxidation sites excluding steroid dienone is 20. The van der Waals surface area contributed by atoms with Crippen molar-refractivity contribution in [2.24, 2.45) is 0 Å². The minimum Gasteiger partial charge on any atom is -0.462 e. The number of hydrogen-bond donors (Lipinski definition) is 0. The minimum atomic E-state index is -0.805. The van der Waals surface area contributed by atoms with Crippen molar-refractivity contribution < 1.29 is 28.6 Å². The summed E-state index contributed by atoms with van der Waals surface area (Å²) in [5.74, 6) is -0.975. The molecule has 0 bridgehead atoms. The van der Waals surface area contributed by atoms with E-state index >= 15 is 0 Å². The first-order valence-corrected chi connectivity index (χ1v) is 27.0. The number of esters is 3. The van der Waals surface area contributed by atoms with Gasteiger partial charge in [-0.15, -0.1) is 0 Å². The van der Waals surface area contributed by atoms with Gasteiger partial charge >= 0.3 is 17.9 Å². The van der Waals surface area contributed by atoms with Crippen LogP contribution in [-0.2, 0) is 28.6 Å². The summed E-state index contributed by atoms with van der Waals surface area (Å²) in [6.07, 6.45) is 74.8. The average molecular weight is 927 g/mol. The van der Waals surface area contributed by atoms with E-state index in [1.165, 1.54) is 51.4 Å². The molecule has 378 valence electrons. The summed E-state index contributed by atoms with van der Waals surface area (Å²) < 4.78 is 16.7. The molecule has 0 saturated carbocycles. The number of ether oxygens (including phenoxy) is 3. The Morgan fingerprint density at radius 3 is 0.955 bits per heavy atom. The maximum Gasteiger partial charge on any atom is 0.306 e. The van der Waals surface area contributed by atoms with Crippen molar-refractivity contribution in [2.45, 2.75) is 232 Å². The Labute approximate surface area is 412 Å². The van der Waals surface area contributed by atoms with Gasteiger partial charge in [-0.3, -0.25) is 14.4 Å². The fourth-order valence-corrected chi connectivity index (χ4v) is 6.83. The second-order valence-corrected chi connectivity index (χ2v) is 17.4. The van der Waals surface area contributed by atoms with Gasteiger partial charge < -0.3 is 14.2 Å². The summed E-state index contributed by atoms with van der Waals surface area (Å²) in [6.45, 7) is 6.37. The lowest BCUT2D eigenvalue weighted by atomic mass is 10.1. The molecule has 0 rings (SSSR count). The highest BCUT2D eigenvalue weighted by Gasteiger charge is 2.19. The van der Waals surface area contributed by atoms with Gasteiger partial charge in [-0.2, -0.15) is 0 Å². The maximum atomic E-state index is 12.8. The first-order chi connectivity index (χ1) is 33.0. The van der Waals surface area contributed by atoms with Crippen LogP contribution in [0.2, 0.25) is 0 Å². The van der Waals surface area contributed by atoms with Gasteiger partial charge in [0, 0.05) is 19.3 Å². The van der Waals surface area contributed by atoms with Crippen molar-refractivity contribution in [1.82, 2.24) is 0 Å². The predicted molar refractivity (Wildman–Crippen MR) is 288 cm³/mol. The number of rotatable bonds is 47. The third-order valence-corrected chi connectivity index (χ3v) is 10.9. The zero-order valence-electron chi connectivity index (χ0n) is 43.1. The Kier molecular flexibility index (Phi) is 51.0.